The second-order valence-electron chi connectivity index (χ2n) is 3.56. The Kier molecular flexibility index (Phi) is 3.16. The van der Waals surface area contributed by atoms with Gasteiger partial charge in [0, 0.05) is 12.6 Å². The Labute approximate surface area is 92.8 Å². The van der Waals surface area contributed by atoms with Crippen LogP contribution in [-0.4, -0.2) is 28.5 Å². The summed E-state index contributed by atoms with van der Waals surface area (Å²) in [5.74, 6) is 6.33. The van der Waals surface area contributed by atoms with Crippen molar-refractivity contribution in [2.45, 2.75) is 18.9 Å². The van der Waals surface area contributed by atoms with Gasteiger partial charge in [-0.2, -0.15) is 0 Å². The maximum atomic E-state index is 11.5. The van der Waals surface area contributed by atoms with Crippen LogP contribution in [0.5, 0.6) is 0 Å². The van der Waals surface area contributed by atoms with E-state index in [4.69, 9.17) is 5.84 Å². The summed E-state index contributed by atoms with van der Waals surface area (Å²) in [6, 6.07) is 1.43. The smallest absolute Gasteiger partial charge is 0.242 e. The monoisotopic (exact) mass is 222 g/mol. The predicted molar refractivity (Wildman–Crippen MR) is 59.5 cm³/mol. The zero-order valence-corrected chi connectivity index (χ0v) is 8.73. The van der Waals surface area contributed by atoms with Crippen LogP contribution < -0.4 is 21.9 Å². The third-order valence-corrected chi connectivity index (χ3v) is 2.42. The molecule has 2 rings (SSSR count). The molecule has 1 amide bonds. The van der Waals surface area contributed by atoms with Gasteiger partial charge in [-0.05, 0) is 12.8 Å². The molecule has 1 aliphatic heterocycles. The number of nitrogen functional groups attached to an aromatic ring is 1. The lowest BCUT2D eigenvalue weighted by molar-refractivity contribution is -0.123. The predicted octanol–water partition coefficient (Wildman–Crippen LogP) is -0.547. The molecule has 1 unspecified atom stereocenters. The van der Waals surface area contributed by atoms with Gasteiger partial charge in [0.25, 0.3) is 0 Å². The number of carbonyl (C=O) groups excluding carboxylic acids is 1. The number of piperidine rings is 1. The SMILES string of the molecule is NNc1cc(NC2CCCNC2=O)ncn1. The number of aromatic nitrogens is 2. The van der Waals surface area contributed by atoms with Gasteiger partial charge in [-0.1, -0.05) is 0 Å². The number of carbonyl (C=O) groups is 1. The highest BCUT2D eigenvalue weighted by atomic mass is 16.2. The Morgan fingerprint density at radius 2 is 2.25 bits per heavy atom. The lowest BCUT2D eigenvalue weighted by Gasteiger charge is -2.23. The lowest BCUT2D eigenvalue weighted by Crippen LogP contribution is -2.44. The van der Waals surface area contributed by atoms with Gasteiger partial charge in [0.1, 0.15) is 24.0 Å². The van der Waals surface area contributed by atoms with E-state index in [2.05, 4.69) is 26.0 Å². The molecule has 86 valence electrons. The first kappa shape index (κ1) is 10.6. The van der Waals surface area contributed by atoms with Crippen molar-refractivity contribution in [2.24, 2.45) is 5.84 Å². The van der Waals surface area contributed by atoms with Crippen molar-refractivity contribution in [3.8, 4) is 0 Å². The van der Waals surface area contributed by atoms with Crippen molar-refractivity contribution in [1.29, 1.82) is 0 Å². The third-order valence-electron chi connectivity index (χ3n) is 2.42. The minimum absolute atomic E-state index is 0.00659. The molecule has 0 aromatic carbocycles. The highest BCUT2D eigenvalue weighted by Gasteiger charge is 2.21. The van der Waals surface area contributed by atoms with Crippen molar-refractivity contribution in [3.05, 3.63) is 12.4 Å². The summed E-state index contributed by atoms with van der Waals surface area (Å²) in [4.78, 5) is 19.4. The van der Waals surface area contributed by atoms with Crippen LogP contribution in [0.3, 0.4) is 0 Å². The summed E-state index contributed by atoms with van der Waals surface area (Å²) in [6.45, 7) is 0.746. The summed E-state index contributed by atoms with van der Waals surface area (Å²) in [7, 11) is 0. The number of amides is 1. The van der Waals surface area contributed by atoms with E-state index in [1.807, 2.05) is 0 Å². The Morgan fingerprint density at radius 1 is 1.44 bits per heavy atom. The summed E-state index contributed by atoms with van der Waals surface area (Å²) >= 11 is 0. The van der Waals surface area contributed by atoms with Crippen LogP contribution in [-0.2, 0) is 4.79 Å². The van der Waals surface area contributed by atoms with Crippen LogP contribution in [0.1, 0.15) is 12.8 Å². The van der Waals surface area contributed by atoms with E-state index in [1.165, 1.54) is 6.33 Å². The molecule has 2 heterocycles. The number of anilines is 2. The van der Waals surface area contributed by atoms with E-state index < -0.39 is 0 Å². The molecule has 0 saturated carbocycles. The van der Waals surface area contributed by atoms with Crippen molar-refractivity contribution < 1.29 is 4.79 Å². The minimum atomic E-state index is -0.228. The molecular weight excluding hydrogens is 208 g/mol. The maximum absolute atomic E-state index is 11.5. The fourth-order valence-corrected chi connectivity index (χ4v) is 1.60. The number of rotatable bonds is 3. The molecule has 7 nitrogen and oxygen atoms in total. The van der Waals surface area contributed by atoms with Gasteiger partial charge >= 0.3 is 0 Å². The summed E-state index contributed by atoms with van der Waals surface area (Å²) in [5.41, 5.74) is 2.42. The van der Waals surface area contributed by atoms with E-state index >= 15 is 0 Å². The van der Waals surface area contributed by atoms with E-state index in [1.54, 1.807) is 6.07 Å². The summed E-state index contributed by atoms with van der Waals surface area (Å²) < 4.78 is 0. The molecule has 1 fully saturated rings. The van der Waals surface area contributed by atoms with E-state index in [0.717, 1.165) is 19.4 Å². The fraction of sp³-hybridized carbons (Fsp3) is 0.444. The normalized spacial score (nSPS) is 20.1. The highest BCUT2D eigenvalue weighted by molar-refractivity contribution is 5.85. The second-order valence-corrected chi connectivity index (χ2v) is 3.56. The molecule has 1 saturated heterocycles. The van der Waals surface area contributed by atoms with Crippen molar-refractivity contribution in [1.82, 2.24) is 15.3 Å². The summed E-state index contributed by atoms with van der Waals surface area (Å²) in [5, 5.41) is 5.84. The topological polar surface area (TPSA) is 105 Å². The number of nitrogens with two attached hydrogens (primary N) is 1. The van der Waals surface area contributed by atoms with E-state index in [9.17, 15) is 4.79 Å². The largest absolute Gasteiger partial charge is 0.358 e. The van der Waals surface area contributed by atoms with Gasteiger partial charge in [0.05, 0.1) is 0 Å². The van der Waals surface area contributed by atoms with Crippen LogP contribution in [0, 0.1) is 0 Å². The van der Waals surface area contributed by atoms with Gasteiger partial charge in [0.15, 0.2) is 0 Å². The molecular formula is C9H14N6O. The average molecular weight is 222 g/mol. The molecule has 1 aromatic heterocycles. The molecule has 1 aromatic rings. The lowest BCUT2D eigenvalue weighted by atomic mass is 10.1. The first-order valence-electron chi connectivity index (χ1n) is 5.12. The van der Waals surface area contributed by atoms with Gasteiger partial charge < -0.3 is 16.1 Å². The van der Waals surface area contributed by atoms with Gasteiger partial charge in [0.2, 0.25) is 5.91 Å². The third kappa shape index (κ3) is 2.37. The standard InChI is InChI=1S/C9H14N6O/c10-15-8-4-7(12-5-13-8)14-6-2-1-3-11-9(6)16/h4-6H,1-3,10H2,(H,11,16)(H2,12,13,14,15). The van der Waals surface area contributed by atoms with Crippen LogP contribution >= 0.6 is 0 Å². The Hall–Kier alpha value is -1.89. The summed E-state index contributed by atoms with van der Waals surface area (Å²) in [6.07, 6.45) is 3.16. The van der Waals surface area contributed by atoms with Crippen molar-refractivity contribution >= 4 is 17.5 Å². The molecule has 1 aliphatic rings. The van der Waals surface area contributed by atoms with Crippen LogP contribution in [0.15, 0.2) is 12.4 Å². The van der Waals surface area contributed by atoms with Crippen LogP contribution in [0.25, 0.3) is 0 Å². The van der Waals surface area contributed by atoms with Gasteiger partial charge in [-0.15, -0.1) is 0 Å². The van der Waals surface area contributed by atoms with E-state index in [0.29, 0.717) is 11.6 Å². The number of nitrogens with one attached hydrogen (secondary N) is 3. The first-order valence-corrected chi connectivity index (χ1v) is 5.12. The molecule has 1 atom stereocenters. The molecule has 16 heavy (non-hydrogen) atoms. The zero-order chi connectivity index (χ0) is 11.4. The molecule has 7 heteroatoms. The maximum Gasteiger partial charge on any atom is 0.242 e. The molecule has 0 aliphatic carbocycles. The van der Waals surface area contributed by atoms with Gasteiger partial charge in [-0.3, -0.25) is 4.79 Å². The van der Waals surface area contributed by atoms with Gasteiger partial charge in [-0.25, -0.2) is 15.8 Å². The quantitative estimate of drug-likeness (QED) is 0.404. The molecule has 0 radical (unpaired) electrons. The minimum Gasteiger partial charge on any atom is -0.358 e. The van der Waals surface area contributed by atoms with Crippen molar-refractivity contribution in [3.63, 3.8) is 0 Å². The number of nitrogens with zero attached hydrogens (tertiary/aromatic N) is 2. The number of hydrogen-bond acceptors (Lipinski definition) is 6. The molecule has 0 bridgehead atoms. The zero-order valence-electron chi connectivity index (χ0n) is 8.73. The Balaban J connectivity index is 2.04. The second kappa shape index (κ2) is 4.75. The van der Waals surface area contributed by atoms with Crippen LogP contribution in [0.4, 0.5) is 11.6 Å². The first-order chi connectivity index (χ1) is 7.79. The van der Waals surface area contributed by atoms with E-state index in [-0.39, 0.29) is 11.9 Å². The van der Waals surface area contributed by atoms with Crippen LogP contribution in [0.2, 0.25) is 0 Å². The fourth-order valence-electron chi connectivity index (χ4n) is 1.60. The highest BCUT2D eigenvalue weighted by Crippen LogP contribution is 2.12. The molecule has 0 spiro atoms. The van der Waals surface area contributed by atoms with Crippen molar-refractivity contribution in [2.75, 3.05) is 17.3 Å². The average Bonchev–Trinajstić information content (AvgIpc) is 2.32. The Bertz CT molecular complexity index is 382. The number of hydrogen-bond donors (Lipinski definition) is 4. The Morgan fingerprint density at radius 3 is 3.00 bits per heavy atom. The molecule has 5 N–H and O–H groups in total. The number of hydrazine groups is 1.